The Kier molecular flexibility index (Phi) is 3.45. The summed E-state index contributed by atoms with van der Waals surface area (Å²) >= 11 is 0. The first-order valence-electron chi connectivity index (χ1n) is 8.85. The molecule has 9 heteroatoms. The minimum Gasteiger partial charge on any atom is -0.478 e. The van der Waals surface area contributed by atoms with Gasteiger partial charge in [0, 0.05) is 11.6 Å². The number of rotatable bonds is 5. The molecule has 3 aromatic heterocycles. The Morgan fingerprint density at radius 3 is 2.64 bits per heavy atom. The molecule has 0 bridgehead atoms. The first kappa shape index (κ1) is 16.4. The molecule has 5 rings (SSSR count). The fourth-order valence-corrected chi connectivity index (χ4v) is 3.54. The molecule has 3 heterocycles. The van der Waals surface area contributed by atoms with Crippen molar-refractivity contribution in [2.45, 2.75) is 24.8 Å². The number of aromatic nitrogens is 6. The molecule has 1 aliphatic rings. The van der Waals surface area contributed by atoms with Crippen LogP contribution in [0.1, 0.15) is 28.8 Å². The molecule has 9 nitrogen and oxygen atoms in total. The Balaban J connectivity index is 1.53. The van der Waals surface area contributed by atoms with Crippen molar-refractivity contribution in [3.05, 3.63) is 70.4 Å². The fourth-order valence-electron chi connectivity index (χ4n) is 3.54. The molecule has 0 aliphatic heterocycles. The van der Waals surface area contributed by atoms with E-state index in [1.165, 1.54) is 22.6 Å². The van der Waals surface area contributed by atoms with Crippen LogP contribution in [0.2, 0.25) is 0 Å². The highest BCUT2D eigenvalue weighted by Crippen LogP contribution is 2.49. The van der Waals surface area contributed by atoms with Crippen LogP contribution < -0.4 is 5.56 Å². The van der Waals surface area contributed by atoms with Crippen LogP contribution in [0.4, 0.5) is 0 Å². The maximum Gasteiger partial charge on any atom is 0.338 e. The van der Waals surface area contributed by atoms with Gasteiger partial charge >= 0.3 is 5.97 Å². The minimum atomic E-state index is -1.10. The predicted molar refractivity (Wildman–Crippen MR) is 99.6 cm³/mol. The highest BCUT2D eigenvalue weighted by Gasteiger charge is 2.45. The van der Waals surface area contributed by atoms with Crippen LogP contribution >= 0.6 is 0 Å². The highest BCUT2D eigenvalue weighted by atomic mass is 16.4. The number of fused-ring (bicyclic) bond motifs is 1. The molecule has 1 aliphatic carbocycles. The number of hydrogen-bond donors (Lipinski definition) is 2. The Morgan fingerprint density at radius 2 is 1.96 bits per heavy atom. The molecule has 1 fully saturated rings. The standard InChI is InChI=1S/C19H16N6O3/c26-16-15-14(22-18(23-16)24-10-12(8-20-24)17(27)28)9-21-25(15)11-19(6-7-19)13-4-2-1-3-5-13/h1-5,8-10H,6-7,11H2,(H,27,28)(H,22,23,26). The van der Waals surface area contributed by atoms with E-state index in [0.717, 1.165) is 12.8 Å². The third kappa shape index (κ3) is 2.59. The number of carboxylic acid groups (broad SMARTS) is 1. The van der Waals surface area contributed by atoms with Crippen molar-refractivity contribution < 1.29 is 9.90 Å². The number of hydrogen-bond acceptors (Lipinski definition) is 5. The van der Waals surface area contributed by atoms with Crippen LogP contribution in [0.5, 0.6) is 0 Å². The molecule has 1 aromatic carbocycles. The first-order valence-corrected chi connectivity index (χ1v) is 8.85. The van der Waals surface area contributed by atoms with Crippen LogP contribution in [0.25, 0.3) is 17.0 Å². The summed E-state index contributed by atoms with van der Waals surface area (Å²) in [6, 6.07) is 10.2. The van der Waals surface area contributed by atoms with Gasteiger partial charge in [0.05, 0.1) is 24.5 Å². The average Bonchev–Trinajstić information content (AvgIpc) is 3.12. The molecular weight excluding hydrogens is 360 g/mol. The van der Waals surface area contributed by atoms with Gasteiger partial charge in [-0.1, -0.05) is 30.3 Å². The van der Waals surface area contributed by atoms with Gasteiger partial charge in [-0.3, -0.25) is 14.5 Å². The van der Waals surface area contributed by atoms with Gasteiger partial charge < -0.3 is 5.11 Å². The number of nitrogens with one attached hydrogen (secondary N) is 1. The van der Waals surface area contributed by atoms with Gasteiger partial charge in [-0.25, -0.2) is 14.5 Å². The molecule has 0 atom stereocenters. The zero-order valence-corrected chi connectivity index (χ0v) is 14.7. The van der Waals surface area contributed by atoms with Crippen molar-refractivity contribution in [2.75, 3.05) is 0 Å². The molecule has 0 radical (unpaired) electrons. The Morgan fingerprint density at radius 1 is 1.18 bits per heavy atom. The largest absolute Gasteiger partial charge is 0.478 e. The Labute approximate surface area is 158 Å². The van der Waals surface area contributed by atoms with E-state index in [2.05, 4.69) is 32.3 Å². The van der Waals surface area contributed by atoms with Gasteiger partial charge in [0.2, 0.25) is 5.95 Å². The second-order valence-corrected chi connectivity index (χ2v) is 7.05. The van der Waals surface area contributed by atoms with Crippen LogP contribution in [0, 0.1) is 0 Å². The number of aromatic carboxylic acids is 1. The van der Waals surface area contributed by atoms with Crippen molar-refractivity contribution in [3.8, 4) is 5.95 Å². The zero-order valence-electron chi connectivity index (χ0n) is 14.7. The minimum absolute atomic E-state index is 0.00366. The van der Waals surface area contributed by atoms with E-state index in [1.54, 1.807) is 10.9 Å². The number of H-pyrrole nitrogens is 1. The molecule has 2 N–H and O–H groups in total. The summed E-state index contributed by atoms with van der Waals surface area (Å²) in [4.78, 5) is 30.8. The summed E-state index contributed by atoms with van der Waals surface area (Å²) in [6.45, 7) is 0.607. The number of carbonyl (C=O) groups is 1. The molecule has 1 saturated carbocycles. The van der Waals surface area contributed by atoms with Crippen molar-refractivity contribution in [1.82, 2.24) is 29.5 Å². The van der Waals surface area contributed by atoms with E-state index in [4.69, 9.17) is 5.11 Å². The molecule has 0 spiro atoms. The van der Waals surface area contributed by atoms with E-state index < -0.39 is 5.97 Å². The molecule has 140 valence electrons. The van der Waals surface area contributed by atoms with E-state index in [1.807, 2.05) is 18.2 Å². The lowest BCUT2D eigenvalue weighted by Gasteiger charge is -2.16. The molecular formula is C19H16N6O3. The van der Waals surface area contributed by atoms with E-state index in [0.29, 0.717) is 17.6 Å². The van der Waals surface area contributed by atoms with Gasteiger partial charge in [-0.05, 0) is 18.4 Å². The normalized spacial score (nSPS) is 15.0. The third-order valence-electron chi connectivity index (χ3n) is 5.23. The smallest absolute Gasteiger partial charge is 0.338 e. The number of nitrogens with zero attached hydrogens (tertiary/aromatic N) is 5. The SMILES string of the molecule is O=C(O)c1cnn(-c2nc3cnn(CC4(c5ccccc5)CC4)c3c(=O)[nH]2)c1. The van der Waals surface area contributed by atoms with Gasteiger partial charge in [-0.15, -0.1) is 0 Å². The lowest BCUT2D eigenvalue weighted by atomic mass is 9.96. The zero-order chi connectivity index (χ0) is 19.3. The van der Waals surface area contributed by atoms with Crippen LogP contribution in [-0.4, -0.2) is 40.6 Å². The highest BCUT2D eigenvalue weighted by molar-refractivity contribution is 5.87. The van der Waals surface area contributed by atoms with E-state index in [9.17, 15) is 9.59 Å². The summed E-state index contributed by atoms with van der Waals surface area (Å²) in [6.07, 6.45) is 6.15. The van der Waals surface area contributed by atoms with Crippen molar-refractivity contribution in [3.63, 3.8) is 0 Å². The summed E-state index contributed by atoms with van der Waals surface area (Å²) in [7, 11) is 0. The summed E-state index contributed by atoms with van der Waals surface area (Å²) in [5.74, 6) is -0.952. The van der Waals surface area contributed by atoms with Crippen molar-refractivity contribution in [1.29, 1.82) is 0 Å². The molecule has 0 amide bonds. The topological polar surface area (TPSA) is 119 Å². The van der Waals surface area contributed by atoms with Crippen molar-refractivity contribution in [2.24, 2.45) is 0 Å². The molecule has 0 unspecified atom stereocenters. The first-order chi connectivity index (χ1) is 13.6. The summed E-state index contributed by atoms with van der Waals surface area (Å²) in [5, 5.41) is 17.4. The average molecular weight is 376 g/mol. The van der Waals surface area contributed by atoms with Gasteiger partial charge in [-0.2, -0.15) is 10.2 Å². The van der Waals surface area contributed by atoms with Gasteiger partial charge in [0.25, 0.3) is 5.56 Å². The molecule has 4 aromatic rings. The van der Waals surface area contributed by atoms with Crippen LogP contribution in [-0.2, 0) is 12.0 Å². The third-order valence-corrected chi connectivity index (χ3v) is 5.23. The lowest BCUT2D eigenvalue weighted by Crippen LogP contribution is -2.21. The second-order valence-electron chi connectivity index (χ2n) is 7.05. The predicted octanol–water partition coefficient (Wildman–Crippen LogP) is 1.74. The van der Waals surface area contributed by atoms with E-state index >= 15 is 0 Å². The number of carboxylic acids is 1. The quantitative estimate of drug-likeness (QED) is 0.548. The number of aromatic amines is 1. The van der Waals surface area contributed by atoms with Crippen LogP contribution in [0.3, 0.4) is 0 Å². The maximum atomic E-state index is 12.7. The van der Waals surface area contributed by atoms with Crippen molar-refractivity contribution >= 4 is 17.0 Å². The Hall–Kier alpha value is -3.75. The molecule has 28 heavy (non-hydrogen) atoms. The number of benzene rings is 1. The fraction of sp³-hybridized carbons (Fsp3) is 0.211. The monoisotopic (exact) mass is 376 g/mol. The summed E-state index contributed by atoms with van der Waals surface area (Å²) < 4.78 is 2.94. The van der Waals surface area contributed by atoms with Gasteiger partial charge in [0.1, 0.15) is 5.52 Å². The maximum absolute atomic E-state index is 12.7. The van der Waals surface area contributed by atoms with Crippen LogP contribution in [0.15, 0.2) is 53.7 Å². The second kappa shape index (κ2) is 5.88. The van der Waals surface area contributed by atoms with E-state index in [-0.39, 0.29) is 22.5 Å². The Bertz CT molecular complexity index is 1250. The molecule has 0 saturated heterocycles. The van der Waals surface area contributed by atoms with Gasteiger partial charge in [0.15, 0.2) is 5.52 Å². The lowest BCUT2D eigenvalue weighted by molar-refractivity contribution is 0.0697. The summed E-state index contributed by atoms with van der Waals surface area (Å²) in [5.41, 5.74) is 1.76.